The number of para-hydroxylation sites is 2. The van der Waals surface area contributed by atoms with Gasteiger partial charge in [-0.2, -0.15) is 0 Å². The minimum atomic E-state index is -0.258. The molecule has 0 aromatic heterocycles. The fourth-order valence-electron chi connectivity index (χ4n) is 4.17. The summed E-state index contributed by atoms with van der Waals surface area (Å²) in [4.78, 5) is 17.7. The first-order chi connectivity index (χ1) is 14.7. The molecule has 0 aliphatic carbocycles. The van der Waals surface area contributed by atoms with Gasteiger partial charge in [0.1, 0.15) is 12.6 Å². The molecule has 2 aromatic carbocycles. The van der Waals surface area contributed by atoms with Crippen LogP contribution < -0.4 is 20.3 Å². The van der Waals surface area contributed by atoms with Crippen molar-refractivity contribution in [3.8, 4) is 11.5 Å². The lowest BCUT2D eigenvalue weighted by atomic mass is 10.0. The third kappa shape index (κ3) is 4.59. The lowest BCUT2D eigenvalue weighted by Crippen LogP contribution is -2.54. The van der Waals surface area contributed by atoms with E-state index < -0.39 is 0 Å². The summed E-state index contributed by atoms with van der Waals surface area (Å²) in [7, 11) is 3.74. The molecule has 2 heterocycles. The maximum Gasteiger partial charge on any atom is 0.241 e. The predicted molar refractivity (Wildman–Crippen MR) is 115 cm³/mol. The van der Waals surface area contributed by atoms with E-state index in [9.17, 15) is 4.79 Å². The molecular formula is C23H30N4O3. The van der Waals surface area contributed by atoms with Gasteiger partial charge in [-0.1, -0.05) is 42.5 Å². The quantitative estimate of drug-likeness (QED) is 0.758. The minimum absolute atomic E-state index is 0.0477. The van der Waals surface area contributed by atoms with Crippen LogP contribution >= 0.6 is 0 Å². The minimum Gasteiger partial charge on any atom is -0.493 e. The van der Waals surface area contributed by atoms with Crippen molar-refractivity contribution in [3.63, 3.8) is 0 Å². The average molecular weight is 411 g/mol. The Morgan fingerprint density at radius 3 is 2.53 bits per heavy atom. The summed E-state index contributed by atoms with van der Waals surface area (Å²) in [5, 5.41) is 0. The normalized spacial score (nSPS) is 24.6. The first kappa shape index (κ1) is 20.7. The van der Waals surface area contributed by atoms with Gasteiger partial charge in [0.2, 0.25) is 5.91 Å². The Morgan fingerprint density at radius 2 is 1.77 bits per heavy atom. The van der Waals surface area contributed by atoms with Gasteiger partial charge in [-0.3, -0.25) is 10.2 Å². The molecule has 3 atom stereocenters. The largest absolute Gasteiger partial charge is 0.493 e. The Morgan fingerprint density at radius 1 is 1.03 bits per heavy atom. The highest BCUT2D eigenvalue weighted by molar-refractivity contribution is 5.83. The van der Waals surface area contributed by atoms with Gasteiger partial charge in [-0.05, 0) is 31.2 Å². The van der Waals surface area contributed by atoms with E-state index in [-0.39, 0.29) is 24.0 Å². The van der Waals surface area contributed by atoms with Crippen molar-refractivity contribution in [2.45, 2.75) is 24.5 Å². The average Bonchev–Trinajstić information content (AvgIpc) is 3.27. The van der Waals surface area contributed by atoms with Crippen LogP contribution in [0.2, 0.25) is 0 Å². The van der Waals surface area contributed by atoms with Crippen LogP contribution in [0.3, 0.4) is 0 Å². The molecule has 0 saturated carbocycles. The number of hydrogen-bond acceptors (Lipinski definition) is 6. The number of hydrazine groups is 1. The van der Waals surface area contributed by atoms with E-state index in [4.69, 9.17) is 9.47 Å². The number of hydrogen-bond donors (Lipinski definition) is 2. The summed E-state index contributed by atoms with van der Waals surface area (Å²) in [6.07, 6.45) is 0.682. The van der Waals surface area contributed by atoms with E-state index in [0.717, 1.165) is 19.6 Å². The molecule has 2 aliphatic rings. The lowest BCUT2D eigenvalue weighted by molar-refractivity contribution is -0.138. The van der Waals surface area contributed by atoms with Gasteiger partial charge in [-0.25, -0.2) is 5.43 Å². The standard InChI is InChI=1S/C23H30N4O3/c1-26-12-13-27(20(15-26)17-8-4-3-5-9-17)23(28)19-14-18(24-25-19)16-30-22-11-7-6-10-21(22)29-2/h3-11,18-20,24-25H,12-16H2,1-2H3/t18?,19?,20-/m1/s1. The number of nitrogens with one attached hydrogen (secondary N) is 2. The number of ether oxygens (including phenoxy) is 2. The van der Waals surface area contributed by atoms with Crippen LogP contribution in [0.15, 0.2) is 54.6 Å². The summed E-state index contributed by atoms with van der Waals surface area (Å²) >= 11 is 0. The smallest absolute Gasteiger partial charge is 0.241 e. The molecule has 7 nitrogen and oxygen atoms in total. The summed E-state index contributed by atoms with van der Waals surface area (Å²) in [5.74, 6) is 1.56. The zero-order valence-electron chi connectivity index (χ0n) is 17.6. The highest BCUT2D eigenvalue weighted by Gasteiger charge is 2.37. The number of likely N-dealkylation sites (N-methyl/N-ethyl adjacent to an activating group) is 1. The monoisotopic (exact) mass is 410 g/mol. The number of amides is 1. The van der Waals surface area contributed by atoms with Crippen molar-refractivity contribution in [3.05, 3.63) is 60.2 Å². The van der Waals surface area contributed by atoms with Crippen molar-refractivity contribution in [1.82, 2.24) is 20.7 Å². The molecule has 0 spiro atoms. The fourth-order valence-corrected chi connectivity index (χ4v) is 4.17. The van der Waals surface area contributed by atoms with Crippen LogP contribution in [0.1, 0.15) is 18.0 Å². The summed E-state index contributed by atoms with van der Waals surface area (Å²) < 4.78 is 11.3. The van der Waals surface area contributed by atoms with Crippen molar-refractivity contribution < 1.29 is 14.3 Å². The van der Waals surface area contributed by atoms with Crippen LogP contribution in [-0.4, -0.2) is 68.2 Å². The first-order valence-electron chi connectivity index (χ1n) is 10.5. The van der Waals surface area contributed by atoms with Crippen molar-refractivity contribution in [1.29, 1.82) is 0 Å². The Balaban J connectivity index is 1.37. The maximum atomic E-state index is 13.4. The zero-order valence-corrected chi connectivity index (χ0v) is 17.6. The molecule has 2 aromatic rings. The fraction of sp³-hybridized carbons (Fsp3) is 0.435. The number of nitrogens with zero attached hydrogens (tertiary/aromatic N) is 2. The Bertz CT molecular complexity index is 847. The van der Waals surface area contributed by atoms with Gasteiger partial charge in [0.05, 0.1) is 19.2 Å². The first-order valence-corrected chi connectivity index (χ1v) is 10.5. The third-order valence-corrected chi connectivity index (χ3v) is 5.84. The molecular weight excluding hydrogens is 380 g/mol. The second-order valence-corrected chi connectivity index (χ2v) is 7.96. The van der Waals surface area contributed by atoms with Crippen molar-refractivity contribution in [2.24, 2.45) is 0 Å². The molecule has 2 aliphatic heterocycles. The number of methoxy groups -OCH3 is 1. The van der Waals surface area contributed by atoms with E-state index >= 15 is 0 Å². The van der Waals surface area contributed by atoms with E-state index in [1.54, 1.807) is 7.11 Å². The molecule has 0 radical (unpaired) electrons. The maximum absolute atomic E-state index is 13.4. The number of carbonyl (C=O) groups excluding carboxylic acids is 1. The highest BCUT2D eigenvalue weighted by Crippen LogP contribution is 2.28. The van der Waals surface area contributed by atoms with Crippen LogP contribution in [0.25, 0.3) is 0 Å². The van der Waals surface area contributed by atoms with Gasteiger partial charge >= 0.3 is 0 Å². The highest BCUT2D eigenvalue weighted by atomic mass is 16.5. The summed E-state index contributed by atoms with van der Waals surface area (Å²) in [6.45, 7) is 2.92. The molecule has 2 N–H and O–H groups in total. The molecule has 2 saturated heterocycles. The number of piperazine rings is 1. The van der Waals surface area contributed by atoms with Crippen LogP contribution in [0.4, 0.5) is 0 Å². The summed E-state index contributed by atoms with van der Waals surface area (Å²) in [5.41, 5.74) is 7.59. The van der Waals surface area contributed by atoms with Gasteiger partial charge in [0, 0.05) is 19.6 Å². The molecule has 7 heteroatoms. The Kier molecular flexibility index (Phi) is 6.52. The molecule has 4 rings (SSSR count). The van der Waals surface area contributed by atoms with Crippen molar-refractivity contribution >= 4 is 5.91 Å². The van der Waals surface area contributed by atoms with Crippen LogP contribution in [0.5, 0.6) is 11.5 Å². The number of carbonyl (C=O) groups is 1. The third-order valence-electron chi connectivity index (χ3n) is 5.84. The second kappa shape index (κ2) is 9.47. The molecule has 1 amide bonds. The van der Waals surface area contributed by atoms with Gasteiger partial charge < -0.3 is 19.3 Å². The molecule has 160 valence electrons. The van der Waals surface area contributed by atoms with Gasteiger partial charge in [0.25, 0.3) is 0 Å². The van der Waals surface area contributed by atoms with E-state index in [1.165, 1.54) is 5.56 Å². The van der Waals surface area contributed by atoms with Crippen LogP contribution in [-0.2, 0) is 4.79 Å². The predicted octanol–water partition coefficient (Wildman–Crippen LogP) is 1.82. The van der Waals surface area contributed by atoms with Gasteiger partial charge in [-0.15, -0.1) is 0 Å². The van der Waals surface area contributed by atoms with E-state index in [2.05, 4.69) is 34.9 Å². The number of rotatable bonds is 6. The van der Waals surface area contributed by atoms with Gasteiger partial charge in [0.15, 0.2) is 11.5 Å². The Labute approximate surface area is 177 Å². The zero-order chi connectivity index (χ0) is 20.9. The lowest BCUT2D eigenvalue weighted by Gasteiger charge is -2.41. The van der Waals surface area contributed by atoms with Crippen molar-refractivity contribution in [2.75, 3.05) is 40.4 Å². The summed E-state index contributed by atoms with van der Waals surface area (Å²) in [6, 6.07) is 17.7. The van der Waals surface area contributed by atoms with E-state index in [1.807, 2.05) is 47.4 Å². The topological polar surface area (TPSA) is 66.1 Å². The van der Waals surface area contributed by atoms with Crippen LogP contribution in [0, 0.1) is 0 Å². The Hall–Kier alpha value is -2.61. The SMILES string of the molecule is COc1ccccc1OCC1CC(C(=O)N2CCN(C)C[C@@H]2c2ccccc2)NN1. The molecule has 2 fully saturated rings. The number of benzene rings is 2. The molecule has 0 bridgehead atoms. The molecule has 30 heavy (non-hydrogen) atoms. The van der Waals surface area contributed by atoms with E-state index in [0.29, 0.717) is 24.5 Å². The molecule has 2 unspecified atom stereocenters. The second-order valence-electron chi connectivity index (χ2n) is 7.96.